The van der Waals surface area contributed by atoms with Crippen molar-refractivity contribution in [2.75, 3.05) is 13.1 Å². The molecular weight excluding hydrogens is 444 g/mol. The lowest BCUT2D eigenvalue weighted by atomic mass is 9.96. The molecular formula is C23H34N4O3S2. The Balaban J connectivity index is 1.59. The highest BCUT2D eigenvalue weighted by atomic mass is 32.2. The molecule has 1 saturated heterocycles. The van der Waals surface area contributed by atoms with Crippen molar-refractivity contribution >= 4 is 27.3 Å². The summed E-state index contributed by atoms with van der Waals surface area (Å²) in [4.78, 5) is 20.6. The molecule has 9 heteroatoms. The highest BCUT2D eigenvalue weighted by Gasteiger charge is 2.29. The van der Waals surface area contributed by atoms with Gasteiger partial charge in [0, 0.05) is 31.9 Å². The zero-order chi connectivity index (χ0) is 23.0. The minimum Gasteiger partial charge on any atom is -0.345 e. The summed E-state index contributed by atoms with van der Waals surface area (Å²) in [6, 6.07) is 1.71. The molecule has 7 nitrogen and oxygen atoms in total. The maximum Gasteiger partial charge on any atom is 0.265 e. The maximum absolute atomic E-state index is 13.1. The van der Waals surface area contributed by atoms with Crippen LogP contribution in [0, 0.1) is 19.8 Å². The van der Waals surface area contributed by atoms with Gasteiger partial charge in [0.25, 0.3) is 5.91 Å². The monoisotopic (exact) mass is 478 g/mol. The number of amides is 1. The van der Waals surface area contributed by atoms with Crippen LogP contribution < -0.4 is 4.72 Å². The second-order valence-electron chi connectivity index (χ2n) is 9.40. The first-order chi connectivity index (χ1) is 15.2. The van der Waals surface area contributed by atoms with Crippen LogP contribution in [-0.2, 0) is 17.1 Å². The molecule has 0 bridgehead atoms. The third kappa shape index (κ3) is 4.65. The summed E-state index contributed by atoms with van der Waals surface area (Å²) in [5, 5.41) is 0.681. The summed E-state index contributed by atoms with van der Waals surface area (Å²) in [6.45, 7) is 7.47. The maximum atomic E-state index is 13.1. The molecule has 4 rings (SSSR count). The minimum atomic E-state index is -3.61. The van der Waals surface area contributed by atoms with E-state index < -0.39 is 10.0 Å². The first-order valence-corrected chi connectivity index (χ1v) is 13.9. The van der Waals surface area contributed by atoms with Crippen molar-refractivity contribution in [1.82, 2.24) is 19.2 Å². The molecule has 0 radical (unpaired) electrons. The molecule has 2 aliphatic rings. The molecule has 1 saturated carbocycles. The lowest BCUT2D eigenvalue weighted by molar-refractivity contribution is 0.0701. The Morgan fingerprint density at radius 1 is 1.12 bits per heavy atom. The Morgan fingerprint density at radius 3 is 2.44 bits per heavy atom. The Bertz CT molecular complexity index is 1090. The number of nitrogens with zero attached hydrogens (tertiary/aromatic N) is 3. The number of piperidine rings is 1. The Labute approximate surface area is 195 Å². The molecule has 1 amide bonds. The molecule has 0 aromatic carbocycles. The van der Waals surface area contributed by atoms with Gasteiger partial charge in [-0.1, -0.05) is 26.2 Å². The molecule has 1 aliphatic carbocycles. The molecule has 3 heterocycles. The van der Waals surface area contributed by atoms with Gasteiger partial charge in [0.1, 0.15) is 14.8 Å². The molecule has 2 fully saturated rings. The summed E-state index contributed by atoms with van der Waals surface area (Å²) in [5.74, 6) is 0.696. The van der Waals surface area contributed by atoms with Crippen LogP contribution in [0.25, 0.3) is 10.7 Å². The summed E-state index contributed by atoms with van der Waals surface area (Å²) < 4.78 is 31.0. The van der Waals surface area contributed by atoms with E-state index in [1.807, 2.05) is 30.4 Å². The highest BCUT2D eigenvalue weighted by Crippen LogP contribution is 2.34. The van der Waals surface area contributed by atoms with Crippen LogP contribution in [0.15, 0.2) is 11.0 Å². The van der Waals surface area contributed by atoms with Crippen LogP contribution in [0.3, 0.4) is 0 Å². The van der Waals surface area contributed by atoms with Gasteiger partial charge in [0.05, 0.1) is 11.4 Å². The number of sulfonamides is 1. The second-order valence-corrected chi connectivity index (χ2v) is 12.1. The second kappa shape index (κ2) is 9.27. The Hall–Kier alpha value is -1.71. The Kier molecular flexibility index (Phi) is 6.79. The van der Waals surface area contributed by atoms with Crippen molar-refractivity contribution in [1.29, 1.82) is 0 Å². The van der Waals surface area contributed by atoms with Crippen molar-refractivity contribution in [3.8, 4) is 10.7 Å². The van der Waals surface area contributed by atoms with E-state index in [1.165, 1.54) is 17.8 Å². The van der Waals surface area contributed by atoms with Gasteiger partial charge in [0.15, 0.2) is 0 Å². The van der Waals surface area contributed by atoms with Crippen LogP contribution in [0.4, 0.5) is 0 Å². The number of hydrogen-bond donors (Lipinski definition) is 1. The third-order valence-electron chi connectivity index (χ3n) is 6.99. The van der Waals surface area contributed by atoms with Crippen molar-refractivity contribution in [2.45, 2.75) is 76.7 Å². The SMILES string of the molecule is Cc1nc(-c2cc(S(=O)(=O)NC3CCCCC3)c(C)n2C)sc1C(=O)N1CCC(C)CC1. The molecule has 0 spiro atoms. The fourth-order valence-corrected chi connectivity index (χ4v) is 7.39. The molecule has 1 aliphatic heterocycles. The fourth-order valence-electron chi connectivity index (χ4n) is 4.71. The average Bonchev–Trinajstić information content (AvgIpc) is 3.29. The van der Waals surface area contributed by atoms with Crippen LogP contribution >= 0.6 is 11.3 Å². The lowest BCUT2D eigenvalue weighted by Crippen LogP contribution is -2.37. The molecule has 176 valence electrons. The number of aryl methyl sites for hydroxylation is 1. The number of carbonyl (C=O) groups excluding carboxylic acids is 1. The quantitative estimate of drug-likeness (QED) is 0.696. The smallest absolute Gasteiger partial charge is 0.265 e. The highest BCUT2D eigenvalue weighted by molar-refractivity contribution is 7.89. The molecule has 2 aromatic rings. The normalized spacial score (nSPS) is 18.9. The van der Waals surface area contributed by atoms with Crippen LogP contribution in [0.2, 0.25) is 0 Å². The molecule has 1 N–H and O–H groups in total. The van der Waals surface area contributed by atoms with Crippen LogP contribution in [0.5, 0.6) is 0 Å². The van der Waals surface area contributed by atoms with E-state index in [0.717, 1.165) is 57.3 Å². The van der Waals surface area contributed by atoms with E-state index in [0.29, 0.717) is 32.1 Å². The van der Waals surface area contributed by atoms with Crippen LogP contribution in [0.1, 0.15) is 72.9 Å². The van der Waals surface area contributed by atoms with Gasteiger partial charge in [-0.05, 0) is 51.5 Å². The van der Waals surface area contributed by atoms with Crippen molar-refractivity contribution in [2.24, 2.45) is 13.0 Å². The topological polar surface area (TPSA) is 84.3 Å². The number of thiazole rings is 1. The zero-order valence-corrected chi connectivity index (χ0v) is 21.1. The van der Waals surface area contributed by atoms with Crippen molar-refractivity contribution in [3.05, 3.63) is 22.3 Å². The molecule has 0 unspecified atom stereocenters. The van der Waals surface area contributed by atoms with E-state index in [9.17, 15) is 13.2 Å². The van der Waals surface area contributed by atoms with E-state index in [4.69, 9.17) is 0 Å². The number of rotatable bonds is 5. The van der Waals surface area contributed by atoms with E-state index in [2.05, 4.69) is 16.6 Å². The molecule has 0 atom stereocenters. The minimum absolute atomic E-state index is 0.00963. The standard InChI is InChI=1S/C23H34N4O3S2/c1-15-10-12-27(13-11-15)23(28)21-16(2)24-22(31-21)19-14-20(17(3)26(19)4)32(29,30)25-18-8-6-5-7-9-18/h14-15,18,25H,5-13H2,1-4H3. The predicted molar refractivity (Wildman–Crippen MR) is 127 cm³/mol. The van der Waals surface area contributed by atoms with Gasteiger partial charge < -0.3 is 9.47 Å². The van der Waals surface area contributed by atoms with Crippen molar-refractivity contribution in [3.63, 3.8) is 0 Å². The summed E-state index contributed by atoms with van der Waals surface area (Å²) >= 11 is 1.36. The number of nitrogens with one attached hydrogen (secondary N) is 1. The summed E-state index contributed by atoms with van der Waals surface area (Å²) in [7, 11) is -1.76. The average molecular weight is 479 g/mol. The van der Waals surface area contributed by atoms with Crippen molar-refractivity contribution < 1.29 is 13.2 Å². The lowest BCUT2D eigenvalue weighted by Gasteiger charge is -2.30. The summed E-state index contributed by atoms with van der Waals surface area (Å²) in [6.07, 6.45) is 7.16. The predicted octanol–water partition coefficient (Wildman–Crippen LogP) is 4.25. The first-order valence-electron chi connectivity index (χ1n) is 11.6. The summed E-state index contributed by atoms with van der Waals surface area (Å²) in [5.41, 5.74) is 2.11. The van der Waals surface area contributed by atoms with Gasteiger partial charge in [-0.2, -0.15) is 0 Å². The van der Waals surface area contributed by atoms with Gasteiger partial charge in [-0.15, -0.1) is 11.3 Å². The van der Waals surface area contributed by atoms with E-state index >= 15 is 0 Å². The van der Waals surface area contributed by atoms with Gasteiger partial charge >= 0.3 is 0 Å². The molecule has 32 heavy (non-hydrogen) atoms. The van der Waals surface area contributed by atoms with E-state index in [-0.39, 0.29) is 11.9 Å². The number of aromatic nitrogens is 2. The van der Waals surface area contributed by atoms with Gasteiger partial charge in [-0.3, -0.25) is 4.79 Å². The van der Waals surface area contributed by atoms with E-state index in [1.54, 1.807) is 6.07 Å². The number of carbonyl (C=O) groups is 1. The van der Waals surface area contributed by atoms with Gasteiger partial charge in [0.2, 0.25) is 10.0 Å². The first kappa shape index (κ1) is 23.4. The Morgan fingerprint density at radius 2 is 1.78 bits per heavy atom. The number of hydrogen-bond acceptors (Lipinski definition) is 5. The molecule has 2 aromatic heterocycles. The fraction of sp³-hybridized carbons (Fsp3) is 0.652. The zero-order valence-electron chi connectivity index (χ0n) is 19.5. The largest absolute Gasteiger partial charge is 0.345 e. The van der Waals surface area contributed by atoms with Gasteiger partial charge in [-0.25, -0.2) is 18.1 Å². The third-order valence-corrected chi connectivity index (χ3v) is 9.79. The number of likely N-dealkylation sites (tertiary alicyclic amines) is 1. The van der Waals surface area contributed by atoms with Crippen LogP contribution in [-0.4, -0.2) is 47.9 Å².